The highest BCUT2D eigenvalue weighted by molar-refractivity contribution is 5.67. The maximum atomic E-state index is 10.8. The lowest BCUT2D eigenvalue weighted by Gasteiger charge is -2.30. The van der Waals surface area contributed by atoms with Crippen molar-refractivity contribution in [2.24, 2.45) is 0 Å². The first-order valence-electron chi connectivity index (χ1n) is 5.83. The van der Waals surface area contributed by atoms with E-state index in [1.54, 1.807) is 0 Å². The molecule has 0 bridgehead atoms. The summed E-state index contributed by atoms with van der Waals surface area (Å²) in [5.41, 5.74) is 0. The van der Waals surface area contributed by atoms with Crippen LogP contribution in [0.15, 0.2) is 0 Å². The van der Waals surface area contributed by atoms with Gasteiger partial charge >= 0.3 is 5.97 Å². The van der Waals surface area contributed by atoms with Gasteiger partial charge in [-0.05, 0) is 0 Å². The van der Waals surface area contributed by atoms with Crippen molar-refractivity contribution >= 4 is 18.5 Å². The molecule has 1 unspecified atom stereocenters. The SMILES string of the molecule is C[N+](C)(C)CC(CC(=O)O)OC(CC=O)CC=O. The number of quaternary nitrogens is 1. The zero-order chi connectivity index (χ0) is 14.2. The Morgan fingerprint density at radius 2 is 1.67 bits per heavy atom. The van der Waals surface area contributed by atoms with Crippen LogP contribution in [0.2, 0.25) is 0 Å². The molecule has 0 spiro atoms. The van der Waals surface area contributed by atoms with Crippen molar-refractivity contribution < 1.29 is 28.7 Å². The lowest BCUT2D eigenvalue weighted by molar-refractivity contribution is -0.873. The van der Waals surface area contributed by atoms with E-state index in [4.69, 9.17) is 9.84 Å². The second-order valence-corrected chi connectivity index (χ2v) is 5.26. The van der Waals surface area contributed by atoms with Crippen molar-refractivity contribution in [3.05, 3.63) is 0 Å². The maximum Gasteiger partial charge on any atom is 0.306 e. The topological polar surface area (TPSA) is 80.7 Å². The van der Waals surface area contributed by atoms with Gasteiger partial charge in [-0.15, -0.1) is 0 Å². The molecule has 0 rings (SSSR count). The first-order valence-corrected chi connectivity index (χ1v) is 5.83. The lowest BCUT2D eigenvalue weighted by atomic mass is 10.1. The Bertz CT molecular complexity index is 275. The van der Waals surface area contributed by atoms with Crippen molar-refractivity contribution in [2.75, 3.05) is 27.7 Å². The number of carbonyl (C=O) groups excluding carboxylic acids is 2. The van der Waals surface area contributed by atoms with Gasteiger partial charge in [-0.1, -0.05) is 0 Å². The molecule has 6 nitrogen and oxygen atoms in total. The van der Waals surface area contributed by atoms with Crippen molar-refractivity contribution in [3.8, 4) is 0 Å². The van der Waals surface area contributed by atoms with E-state index in [1.807, 2.05) is 21.1 Å². The van der Waals surface area contributed by atoms with Gasteiger partial charge in [-0.3, -0.25) is 4.79 Å². The summed E-state index contributed by atoms with van der Waals surface area (Å²) in [6.45, 7) is 0.501. The van der Waals surface area contributed by atoms with Gasteiger partial charge in [0.15, 0.2) is 0 Å². The molecule has 0 aromatic carbocycles. The smallest absolute Gasteiger partial charge is 0.306 e. The second-order valence-electron chi connectivity index (χ2n) is 5.26. The summed E-state index contributed by atoms with van der Waals surface area (Å²) in [7, 11) is 5.77. The molecule has 6 heteroatoms. The number of nitrogens with zero attached hydrogens (tertiary/aromatic N) is 1. The van der Waals surface area contributed by atoms with Gasteiger partial charge in [0.05, 0.1) is 33.7 Å². The summed E-state index contributed by atoms with van der Waals surface area (Å²) in [6.07, 6.45) is 0.390. The number of rotatable bonds is 10. The number of aliphatic carboxylic acids is 1. The molecule has 0 aromatic heterocycles. The molecule has 0 amide bonds. The van der Waals surface area contributed by atoms with E-state index in [-0.39, 0.29) is 19.3 Å². The van der Waals surface area contributed by atoms with Crippen LogP contribution >= 0.6 is 0 Å². The minimum Gasteiger partial charge on any atom is -0.481 e. The van der Waals surface area contributed by atoms with E-state index >= 15 is 0 Å². The number of carbonyl (C=O) groups is 3. The molecule has 0 aliphatic heterocycles. The fourth-order valence-corrected chi connectivity index (χ4v) is 1.66. The summed E-state index contributed by atoms with van der Waals surface area (Å²) >= 11 is 0. The Kier molecular flexibility index (Phi) is 7.38. The third-order valence-corrected chi connectivity index (χ3v) is 2.26. The van der Waals surface area contributed by atoms with Crippen LogP contribution in [-0.4, -0.2) is 68.0 Å². The Labute approximate surface area is 107 Å². The van der Waals surface area contributed by atoms with Gasteiger partial charge in [0.25, 0.3) is 0 Å². The van der Waals surface area contributed by atoms with Gasteiger partial charge in [-0.2, -0.15) is 0 Å². The summed E-state index contributed by atoms with van der Waals surface area (Å²) in [4.78, 5) is 31.7. The molecule has 0 radical (unpaired) electrons. The molecular formula is C12H22NO5+. The monoisotopic (exact) mass is 260 g/mol. The van der Waals surface area contributed by atoms with Crippen LogP contribution in [0.5, 0.6) is 0 Å². The first-order chi connectivity index (χ1) is 8.28. The standard InChI is InChI=1S/C12H21NO5/c1-13(2,3)9-11(8-12(16)17)18-10(4-6-14)5-7-15/h6-7,10-11H,4-5,8-9H2,1-3H3/p+1. The van der Waals surface area contributed by atoms with Crippen LogP contribution in [-0.2, 0) is 19.1 Å². The fourth-order valence-electron chi connectivity index (χ4n) is 1.66. The molecule has 0 aliphatic rings. The number of hydrogen-bond donors (Lipinski definition) is 1. The molecule has 0 saturated carbocycles. The Hall–Kier alpha value is -1.27. The normalized spacial score (nSPS) is 13.3. The number of carboxylic acids is 1. The highest BCUT2D eigenvalue weighted by Gasteiger charge is 2.24. The molecule has 0 saturated heterocycles. The third kappa shape index (κ3) is 8.83. The maximum absolute atomic E-state index is 10.8. The van der Waals surface area contributed by atoms with E-state index in [9.17, 15) is 14.4 Å². The predicted molar refractivity (Wildman–Crippen MR) is 65.2 cm³/mol. The molecule has 0 heterocycles. The number of carboxylic acid groups (broad SMARTS) is 1. The van der Waals surface area contributed by atoms with Gasteiger partial charge in [0.1, 0.15) is 25.2 Å². The quantitative estimate of drug-likeness (QED) is 0.445. The highest BCUT2D eigenvalue weighted by atomic mass is 16.5. The van der Waals surface area contributed by atoms with E-state index in [0.29, 0.717) is 23.6 Å². The number of ether oxygens (including phenoxy) is 1. The third-order valence-electron chi connectivity index (χ3n) is 2.26. The zero-order valence-corrected chi connectivity index (χ0v) is 11.2. The van der Waals surface area contributed by atoms with Crippen molar-refractivity contribution in [2.45, 2.75) is 31.5 Å². The summed E-state index contributed by atoms with van der Waals surface area (Å²) in [6, 6.07) is 0. The second kappa shape index (κ2) is 7.94. The van der Waals surface area contributed by atoms with E-state index in [2.05, 4.69) is 0 Å². The summed E-state index contributed by atoms with van der Waals surface area (Å²) < 4.78 is 6.11. The average molecular weight is 260 g/mol. The van der Waals surface area contributed by atoms with E-state index in [1.165, 1.54) is 0 Å². The molecule has 104 valence electrons. The van der Waals surface area contributed by atoms with Gasteiger partial charge in [-0.25, -0.2) is 0 Å². The number of aldehydes is 2. The minimum atomic E-state index is -0.954. The minimum absolute atomic E-state index is 0.103. The molecule has 0 aliphatic carbocycles. The van der Waals surface area contributed by atoms with Crippen LogP contribution in [0.1, 0.15) is 19.3 Å². The van der Waals surface area contributed by atoms with Crippen LogP contribution in [0.3, 0.4) is 0 Å². The van der Waals surface area contributed by atoms with Gasteiger partial charge in [0, 0.05) is 12.8 Å². The van der Waals surface area contributed by atoms with Crippen LogP contribution in [0.25, 0.3) is 0 Å². The average Bonchev–Trinajstić information content (AvgIpc) is 2.14. The Morgan fingerprint density at radius 3 is 2.00 bits per heavy atom. The highest BCUT2D eigenvalue weighted by Crippen LogP contribution is 2.11. The molecule has 18 heavy (non-hydrogen) atoms. The van der Waals surface area contributed by atoms with Gasteiger partial charge < -0.3 is 23.9 Å². The molecule has 0 aromatic rings. The molecule has 1 N–H and O–H groups in total. The molecular weight excluding hydrogens is 238 g/mol. The first kappa shape index (κ1) is 16.7. The van der Waals surface area contributed by atoms with Crippen LogP contribution in [0.4, 0.5) is 0 Å². The number of likely N-dealkylation sites (N-methyl/N-ethyl adjacent to an activating group) is 1. The largest absolute Gasteiger partial charge is 0.481 e. The Morgan fingerprint density at radius 1 is 1.17 bits per heavy atom. The van der Waals surface area contributed by atoms with E-state index in [0.717, 1.165) is 0 Å². The summed E-state index contributed by atoms with van der Waals surface area (Å²) in [5.74, 6) is -0.954. The predicted octanol–water partition coefficient (Wildman–Crippen LogP) is 0.0991. The van der Waals surface area contributed by atoms with E-state index < -0.39 is 18.2 Å². The summed E-state index contributed by atoms with van der Waals surface area (Å²) in [5, 5.41) is 8.83. The Balaban J connectivity index is 4.56. The molecule has 0 fully saturated rings. The van der Waals surface area contributed by atoms with Crippen molar-refractivity contribution in [1.29, 1.82) is 0 Å². The van der Waals surface area contributed by atoms with Crippen molar-refractivity contribution in [1.82, 2.24) is 0 Å². The van der Waals surface area contributed by atoms with Crippen LogP contribution in [0, 0.1) is 0 Å². The fraction of sp³-hybridized carbons (Fsp3) is 0.750. The zero-order valence-electron chi connectivity index (χ0n) is 11.2. The molecule has 1 atom stereocenters. The lowest BCUT2D eigenvalue weighted by Crippen LogP contribution is -2.44. The van der Waals surface area contributed by atoms with Crippen LogP contribution < -0.4 is 0 Å². The van der Waals surface area contributed by atoms with Gasteiger partial charge in [0.2, 0.25) is 0 Å². The number of hydrogen-bond acceptors (Lipinski definition) is 4. The van der Waals surface area contributed by atoms with Crippen molar-refractivity contribution in [3.63, 3.8) is 0 Å².